The molecule has 0 aromatic heterocycles. The van der Waals surface area contributed by atoms with Crippen molar-refractivity contribution in [2.75, 3.05) is 7.05 Å². The van der Waals surface area contributed by atoms with Crippen LogP contribution in [-0.2, 0) is 6.42 Å². The Labute approximate surface area is 126 Å². The van der Waals surface area contributed by atoms with E-state index in [9.17, 15) is 8.78 Å². The molecular weight excluding hydrogens is 303 g/mol. The van der Waals surface area contributed by atoms with E-state index in [1.54, 1.807) is 19.2 Å². The zero-order valence-electron chi connectivity index (χ0n) is 10.8. The van der Waals surface area contributed by atoms with Crippen molar-refractivity contribution in [3.05, 3.63) is 69.2 Å². The number of halogens is 4. The first-order valence-electron chi connectivity index (χ1n) is 6.08. The summed E-state index contributed by atoms with van der Waals surface area (Å²) in [7, 11) is 1.72. The summed E-state index contributed by atoms with van der Waals surface area (Å²) in [5.41, 5.74) is 1.05. The van der Waals surface area contributed by atoms with E-state index in [4.69, 9.17) is 23.2 Å². The molecule has 0 saturated carbocycles. The second-order valence-electron chi connectivity index (χ2n) is 4.42. The minimum Gasteiger partial charge on any atom is -0.313 e. The van der Waals surface area contributed by atoms with Gasteiger partial charge in [-0.1, -0.05) is 35.3 Å². The zero-order chi connectivity index (χ0) is 14.7. The van der Waals surface area contributed by atoms with Gasteiger partial charge in [0.1, 0.15) is 11.6 Å². The van der Waals surface area contributed by atoms with Gasteiger partial charge in [-0.05, 0) is 48.9 Å². The molecule has 1 unspecified atom stereocenters. The van der Waals surface area contributed by atoms with Gasteiger partial charge >= 0.3 is 0 Å². The van der Waals surface area contributed by atoms with E-state index >= 15 is 0 Å². The average molecular weight is 316 g/mol. The van der Waals surface area contributed by atoms with Gasteiger partial charge < -0.3 is 5.32 Å². The second kappa shape index (κ2) is 6.53. The number of benzene rings is 2. The van der Waals surface area contributed by atoms with Crippen molar-refractivity contribution >= 4 is 23.2 Å². The minimum atomic E-state index is -0.457. The number of nitrogens with one attached hydrogen (secondary N) is 1. The van der Waals surface area contributed by atoms with E-state index in [0.717, 1.165) is 0 Å². The number of likely N-dealkylation sites (N-methyl/N-ethyl adjacent to an activating group) is 1. The molecule has 0 aliphatic rings. The van der Waals surface area contributed by atoms with Gasteiger partial charge in [0.25, 0.3) is 0 Å². The third kappa shape index (κ3) is 3.29. The Morgan fingerprint density at radius 1 is 1.10 bits per heavy atom. The lowest BCUT2D eigenvalue weighted by atomic mass is 9.98. The molecule has 0 fully saturated rings. The molecule has 0 aliphatic heterocycles. The molecule has 0 bridgehead atoms. The Morgan fingerprint density at radius 3 is 2.55 bits per heavy atom. The number of hydrogen-bond acceptors (Lipinski definition) is 1. The third-order valence-corrected chi connectivity index (χ3v) is 3.77. The summed E-state index contributed by atoms with van der Waals surface area (Å²) in [4.78, 5) is 0. The number of rotatable bonds is 4. The van der Waals surface area contributed by atoms with Crippen LogP contribution in [0.3, 0.4) is 0 Å². The summed E-state index contributed by atoms with van der Waals surface area (Å²) in [6.07, 6.45) is 0.325. The van der Waals surface area contributed by atoms with Crippen LogP contribution < -0.4 is 5.32 Å². The average Bonchev–Trinajstić information content (AvgIpc) is 2.43. The predicted molar refractivity (Wildman–Crippen MR) is 78.3 cm³/mol. The first-order chi connectivity index (χ1) is 9.52. The fourth-order valence-corrected chi connectivity index (χ4v) is 2.52. The van der Waals surface area contributed by atoms with Crippen molar-refractivity contribution in [3.63, 3.8) is 0 Å². The molecular formula is C15H13Cl2F2N. The van der Waals surface area contributed by atoms with Gasteiger partial charge in [-0.2, -0.15) is 0 Å². The standard InChI is InChI=1S/C15H13Cl2F2N/c1-20-14(11-8-10(18)5-6-12(11)16)7-9-3-2-4-13(17)15(9)19/h2-6,8,14,20H,7H2,1H3. The van der Waals surface area contributed by atoms with Crippen molar-refractivity contribution in [2.45, 2.75) is 12.5 Å². The van der Waals surface area contributed by atoms with E-state index < -0.39 is 5.82 Å². The first kappa shape index (κ1) is 15.2. The lowest BCUT2D eigenvalue weighted by molar-refractivity contribution is 0.549. The number of hydrogen-bond donors (Lipinski definition) is 1. The van der Waals surface area contributed by atoms with E-state index in [1.165, 1.54) is 24.3 Å². The zero-order valence-corrected chi connectivity index (χ0v) is 12.3. The summed E-state index contributed by atoms with van der Waals surface area (Å²) in [6, 6.07) is 8.66. The molecule has 20 heavy (non-hydrogen) atoms. The monoisotopic (exact) mass is 315 g/mol. The van der Waals surface area contributed by atoms with Crippen LogP contribution in [-0.4, -0.2) is 7.05 Å². The fourth-order valence-electron chi connectivity index (χ4n) is 2.08. The molecule has 106 valence electrons. The molecule has 2 rings (SSSR count). The fraction of sp³-hybridized carbons (Fsp3) is 0.200. The SMILES string of the molecule is CNC(Cc1cccc(Cl)c1F)c1cc(F)ccc1Cl. The maximum absolute atomic E-state index is 13.9. The van der Waals surface area contributed by atoms with Crippen LogP contribution in [0.4, 0.5) is 8.78 Å². The van der Waals surface area contributed by atoms with Gasteiger partial charge in [0, 0.05) is 11.1 Å². The van der Waals surface area contributed by atoms with Gasteiger partial charge in [-0.3, -0.25) is 0 Å². The molecule has 0 saturated heterocycles. The highest BCUT2D eigenvalue weighted by Gasteiger charge is 2.17. The Balaban J connectivity index is 2.34. The van der Waals surface area contributed by atoms with E-state index in [-0.39, 0.29) is 16.9 Å². The lowest BCUT2D eigenvalue weighted by Crippen LogP contribution is -2.20. The largest absolute Gasteiger partial charge is 0.313 e. The predicted octanol–water partition coefficient (Wildman–Crippen LogP) is 4.77. The minimum absolute atomic E-state index is 0.0719. The topological polar surface area (TPSA) is 12.0 Å². The highest BCUT2D eigenvalue weighted by Crippen LogP contribution is 2.28. The Bertz CT molecular complexity index is 617. The van der Waals surface area contributed by atoms with Crippen molar-refractivity contribution in [3.8, 4) is 0 Å². The highest BCUT2D eigenvalue weighted by molar-refractivity contribution is 6.31. The second-order valence-corrected chi connectivity index (χ2v) is 5.24. The van der Waals surface area contributed by atoms with Crippen molar-refractivity contribution in [2.24, 2.45) is 0 Å². The van der Waals surface area contributed by atoms with Crippen LogP contribution >= 0.6 is 23.2 Å². The molecule has 0 radical (unpaired) electrons. The Hall–Kier alpha value is -1.16. The molecule has 0 heterocycles. The van der Waals surface area contributed by atoms with E-state index in [0.29, 0.717) is 22.6 Å². The summed E-state index contributed by atoms with van der Waals surface area (Å²) < 4.78 is 27.3. The summed E-state index contributed by atoms with van der Waals surface area (Å²) in [5.74, 6) is -0.835. The van der Waals surface area contributed by atoms with E-state index in [1.807, 2.05) is 0 Å². The maximum atomic E-state index is 13.9. The molecule has 1 N–H and O–H groups in total. The van der Waals surface area contributed by atoms with Crippen molar-refractivity contribution in [1.29, 1.82) is 0 Å². The van der Waals surface area contributed by atoms with Gasteiger partial charge in [0.05, 0.1) is 5.02 Å². The smallest absolute Gasteiger partial charge is 0.145 e. The van der Waals surface area contributed by atoms with Gasteiger partial charge in [-0.25, -0.2) is 8.78 Å². The Morgan fingerprint density at radius 2 is 1.85 bits per heavy atom. The third-order valence-electron chi connectivity index (χ3n) is 3.14. The lowest BCUT2D eigenvalue weighted by Gasteiger charge is -2.19. The molecule has 5 heteroatoms. The summed E-state index contributed by atoms with van der Waals surface area (Å²) in [6.45, 7) is 0. The molecule has 0 amide bonds. The van der Waals surface area contributed by atoms with Crippen molar-refractivity contribution < 1.29 is 8.78 Å². The van der Waals surface area contributed by atoms with Gasteiger partial charge in [0.15, 0.2) is 0 Å². The van der Waals surface area contributed by atoms with Crippen LogP contribution in [0.15, 0.2) is 36.4 Å². The highest BCUT2D eigenvalue weighted by atomic mass is 35.5. The molecule has 2 aromatic rings. The Kier molecular flexibility index (Phi) is 4.97. The van der Waals surface area contributed by atoms with Crippen LogP contribution in [0.25, 0.3) is 0 Å². The molecule has 1 nitrogen and oxygen atoms in total. The normalized spacial score (nSPS) is 12.4. The van der Waals surface area contributed by atoms with Gasteiger partial charge in [0.2, 0.25) is 0 Å². The summed E-state index contributed by atoms with van der Waals surface area (Å²) >= 11 is 11.8. The van der Waals surface area contributed by atoms with Crippen LogP contribution in [0.5, 0.6) is 0 Å². The molecule has 0 spiro atoms. The van der Waals surface area contributed by atoms with Gasteiger partial charge in [-0.15, -0.1) is 0 Å². The summed E-state index contributed by atoms with van der Waals surface area (Å²) in [5, 5.41) is 3.53. The van der Waals surface area contributed by atoms with E-state index in [2.05, 4.69) is 5.32 Å². The first-order valence-corrected chi connectivity index (χ1v) is 6.83. The van der Waals surface area contributed by atoms with Crippen LogP contribution in [0.1, 0.15) is 17.2 Å². The van der Waals surface area contributed by atoms with Crippen LogP contribution in [0.2, 0.25) is 10.0 Å². The molecule has 2 aromatic carbocycles. The molecule has 1 atom stereocenters. The van der Waals surface area contributed by atoms with Crippen LogP contribution in [0, 0.1) is 11.6 Å². The quantitative estimate of drug-likeness (QED) is 0.856. The van der Waals surface area contributed by atoms with Crippen molar-refractivity contribution in [1.82, 2.24) is 5.32 Å². The molecule has 0 aliphatic carbocycles. The maximum Gasteiger partial charge on any atom is 0.145 e.